The third-order valence-corrected chi connectivity index (χ3v) is 5.28. The number of pyridine rings is 1. The van der Waals surface area contributed by atoms with E-state index in [-0.39, 0.29) is 12.0 Å². The lowest BCUT2D eigenvalue weighted by Crippen LogP contribution is -2.40. The third kappa shape index (κ3) is 4.64. The molecule has 26 heavy (non-hydrogen) atoms. The molecule has 2 aliphatic rings. The van der Waals surface area contributed by atoms with Gasteiger partial charge in [0.1, 0.15) is 5.60 Å². The average Bonchev–Trinajstić information content (AvgIpc) is 2.59. The van der Waals surface area contributed by atoms with Crippen LogP contribution in [-0.2, 0) is 4.74 Å². The first-order valence-electron chi connectivity index (χ1n) is 9.00. The Kier molecular flexibility index (Phi) is 5.66. The van der Waals surface area contributed by atoms with Crippen molar-refractivity contribution in [1.29, 1.82) is 0 Å². The van der Waals surface area contributed by atoms with Gasteiger partial charge < -0.3 is 4.74 Å². The number of halogens is 1. The summed E-state index contributed by atoms with van der Waals surface area (Å²) in [5.74, 6) is 0.237. The van der Waals surface area contributed by atoms with Crippen molar-refractivity contribution in [3.05, 3.63) is 58.4 Å². The van der Waals surface area contributed by atoms with Gasteiger partial charge in [-0.25, -0.2) is 4.79 Å². The Labute approximate surface area is 163 Å². The van der Waals surface area contributed by atoms with Crippen molar-refractivity contribution in [2.75, 3.05) is 11.4 Å². The third-order valence-electron chi connectivity index (χ3n) is 4.41. The highest BCUT2D eigenvalue weighted by molar-refractivity contribution is 9.11. The van der Waals surface area contributed by atoms with Gasteiger partial charge in [0.25, 0.3) is 0 Å². The molecular weight excluding hydrogens is 392 g/mol. The number of anilines is 1. The molecule has 2 aliphatic carbocycles. The van der Waals surface area contributed by atoms with Gasteiger partial charge in [0.2, 0.25) is 0 Å². The number of nitrogens with zero attached hydrogens (tertiary/aromatic N) is 2. The van der Waals surface area contributed by atoms with Crippen molar-refractivity contribution in [3.8, 4) is 0 Å². The van der Waals surface area contributed by atoms with E-state index in [1.54, 1.807) is 17.3 Å². The van der Waals surface area contributed by atoms with Crippen molar-refractivity contribution in [3.63, 3.8) is 0 Å². The summed E-state index contributed by atoms with van der Waals surface area (Å²) in [5.41, 5.74) is 2.89. The summed E-state index contributed by atoms with van der Waals surface area (Å²) in [6, 6.07) is 3.73. The van der Waals surface area contributed by atoms with E-state index in [0.29, 0.717) is 6.54 Å². The number of hydrogen-bond donors (Lipinski definition) is 0. The minimum atomic E-state index is -0.537. The molecule has 0 saturated heterocycles. The number of amides is 1. The quantitative estimate of drug-likeness (QED) is 0.627. The highest BCUT2D eigenvalue weighted by Crippen LogP contribution is 2.38. The van der Waals surface area contributed by atoms with Gasteiger partial charge in [-0.3, -0.25) is 9.88 Å². The van der Waals surface area contributed by atoms with Gasteiger partial charge in [-0.15, -0.1) is 0 Å². The number of ether oxygens (including phenoxy) is 1. The van der Waals surface area contributed by atoms with Gasteiger partial charge in [0.05, 0.1) is 11.9 Å². The van der Waals surface area contributed by atoms with Crippen molar-refractivity contribution in [1.82, 2.24) is 4.98 Å². The predicted octanol–water partition coefficient (Wildman–Crippen LogP) is 5.77. The summed E-state index contributed by atoms with van der Waals surface area (Å²) in [6.07, 6.45) is 12.8. The molecule has 0 fully saturated rings. The first kappa shape index (κ1) is 18.9. The highest BCUT2D eigenvalue weighted by Gasteiger charge is 2.28. The molecule has 0 aliphatic heterocycles. The SMILES string of the molecule is CC(C)(C)OC(=O)N(CC1C=CC2=CCCC(Br)=C2C1)c1cccnc1. The normalized spacial score (nSPS) is 19.7. The van der Waals surface area contributed by atoms with E-state index in [1.807, 2.05) is 32.9 Å². The van der Waals surface area contributed by atoms with Crippen LogP contribution >= 0.6 is 15.9 Å². The van der Waals surface area contributed by atoms with Gasteiger partial charge in [0.15, 0.2) is 0 Å². The second kappa shape index (κ2) is 7.78. The maximum Gasteiger partial charge on any atom is 0.414 e. The van der Waals surface area contributed by atoms with Gasteiger partial charge in [0, 0.05) is 12.7 Å². The lowest BCUT2D eigenvalue weighted by Gasteiger charge is -2.31. The van der Waals surface area contributed by atoms with Crippen molar-refractivity contribution in [2.24, 2.45) is 5.92 Å². The Morgan fingerprint density at radius 1 is 1.42 bits per heavy atom. The highest BCUT2D eigenvalue weighted by atomic mass is 79.9. The number of hydrogen-bond acceptors (Lipinski definition) is 3. The molecule has 3 rings (SSSR count). The summed E-state index contributed by atoms with van der Waals surface area (Å²) in [6.45, 7) is 6.21. The lowest BCUT2D eigenvalue weighted by molar-refractivity contribution is 0.0576. The van der Waals surface area contributed by atoms with Crippen LogP contribution in [0.25, 0.3) is 0 Å². The Balaban J connectivity index is 1.82. The summed E-state index contributed by atoms with van der Waals surface area (Å²) in [7, 11) is 0. The second-order valence-corrected chi connectivity index (χ2v) is 8.66. The van der Waals surface area contributed by atoms with Crippen LogP contribution in [0.15, 0.2) is 58.4 Å². The Morgan fingerprint density at radius 3 is 2.92 bits per heavy atom. The molecule has 0 aromatic carbocycles. The van der Waals surface area contributed by atoms with Crippen LogP contribution in [-0.4, -0.2) is 23.2 Å². The number of carbonyl (C=O) groups is 1. The first-order chi connectivity index (χ1) is 12.3. The van der Waals surface area contributed by atoms with Crippen LogP contribution in [0.2, 0.25) is 0 Å². The van der Waals surface area contributed by atoms with Crippen molar-refractivity contribution < 1.29 is 9.53 Å². The van der Waals surface area contributed by atoms with Crippen LogP contribution in [0.1, 0.15) is 40.0 Å². The molecule has 0 saturated carbocycles. The fourth-order valence-corrected chi connectivity index (χ4v) is 3.85. The standard InChI is InChI=1S/C21H25BrN2O2/c1-21(2,3)26-20(25)24(17-7-5-11-23-13-17)14-15-9-10-16-6-4-8-19(22)18(16)12-15/h5-7,9-11,13,15H,4,8,12,14H2,1-3H3. The smallest absolute Gasteiger partial charge is 0.414 e. The fourth-order valence-electron chi connectivity index (χ4n) is 3.23. The zero-order chi connectivity index (χ0) is 18.7. The van der Waals surface area contributed by atoms with Gasteiger partial charge in [-0.2, -0.15) is 0 Å². The minimum absolute atomic E-state index is 0.237. The predicted molar refractivity (Wildman–Crippen MR) is 108 cm³/mol. The number of carbonyl (C=O) groups excluding carboxylic acids is 1. The molecule has 5 heteroatoms. The molecule has 1 aromatic heterocycles. The Bertz CT molecular complexity index is 760. The Morgan fingerprint density at radius 2 is 2.23 bits per heavy atom. The molecule has 0 radical (unpaired) electrons. The number of aromatic nitrogens is 1. The van der Waals surface area contributed by atoms with E-state index < -0.39 is 5.60 Å². The van der Waals surface area contributed by atoms with Gasteiger partial charge in [-0.05, 0) is 73.7 Å². The van der Waals surface area contributed by atoms with Crippen LogP contribution in [0.4, 0.5) is 10.5 Å². The summed E-state index contributed by atoms with van der Waals surface area (Å²) < 4.78 is 6.91. The molecule has 4 nitrogen and oxygen atoms in total. The molecule has 138 valence electrons. The first-order valence-corrected chi connectivity index (χ1v) is 9.79. The number of fused-ring (bicyclic) bond motifs is 1. The lowest BCUT2D eigenvalue weighted by atomic mass is 9.84. The van der Waals surface area contributed by atoms with E-state index in [1.165, 1.54) is 15.6 Å². The number of allylic oxidation sites excluding steroid dienone is 5. The maximum atomic E-state index is 12.8. The molecule has 1 atom stereocenters. The summed E-state index contributed by atoms with van der Waals surface area (Å²) >= 11 is 3.73. The molecule has 0 bridgehead atoms. The van der Waals surface area contributed by atoms with Crippen molar-refractivity contribution in [2.45, 2.75) is 45.6 Å². The fraction of sp³-hybridized carbons (Fsp3) is 0.429. The average molecular weight is 417 g/mol. The largest absolute Gasteiger partial charge is 0.443 e. The van der Waals surface area contributed by atoms with Crippen LogP contribution in [0.3, 0.4) is 0 Å². The minimum Gasteiger partial charge on any atom is -0.443 e. The molecule has 1 amide bonds. The Hall–Kier alpha value is -1.88. The molecule has 1 heterocycles. The molecule has 0 N–H and O–H groups in total. The van der Waals surface area contributed by atoms with Crippen LogP contribution in [0.5, 0.6) is 0 Å². The molecule has 1 unspecified atom stereocenters. The summed E-state index contributed by atoms with van der Waals surface area (Å²) in [4.78, 5) is 18.7. The second-order valence-electron chi connectivity index (χ2n) is 7.71. The van der Waals surface area contributed by atoms with E-state index >= 15 is 0 Å². The van der Waals surface area contributed by atoms with Crippen molar-refractivity contribution >= 4 is 27.7 Å². The van der Waals surface area contributed by atoms with E-state index in [4.69, 9.17) is 4.74 Å². The van der Waals surface area contributed by atoms with E-state index in [9.17, 15) is 4.79 Å². The number of rotatable bonds is 3. The van der Waals surface area contributed by atoms with Gasteiger partial charge in [-0.1, -0.05) is 34.2 Å². The molecule has 1 aromatic rings. The van der Waals surface area contributed by atoms with Gasteiger partial charge >= 0.3 is 6.09 Å². The maximum absolute atomic E-state index is 12.8. The molecular formula is C21H25BrN2O2. The van der Waals surface area contributed by atoms with Crippen LogP contribution < -0.4 is 4.90 Å². The van der Waals surface area contributed by atoms with E-state index in [0.717, 1.165) is 24.9 Å². The topological polar surface area (TPSA) is 42.4 Å². The molecule has 0 spiro atoms. The zero-order valence-corrected chi connectivity index (χ0v) is 17.1. The van der Waals surface area contributed by atoms with E-state index in [2.05, 4.69) is 39.1 Å². The van der Waals surface area contributed by atoms with Crippen LogP contribution in [0, 0.1) is 5.92 Å². The summed E-state index contributed by atoms with van der Waals surface area (Å²) in [5, 5.41) is 0. The zero-order valence-electron chi connectivity index (χ0n) is 15.5. The monoisotopic (exact) mass is 416 g/mol.